The number of pyridine rings is 1. The van der Waals surface area contributed by atoms with Crippen molar-refractivity contribution in [3.63, 3.8) is 0 Å². The van der Waals surface area contributed by atoms with Gasteiger partial charge in [-0.2, -0.15) is 4.39 Å². The Balaban J connectivity index is 1.35. The summed E-state index contributed by atoms with van der Waals surface area (Å²) in [7, 11) is 0. The van der Waals surface area contributed by atoms with Crippen molar-refractivity contribution in [1.29, 1.82) is 0 Å². The monoisotopic (exact) mass is 501 g/mol. The van der Waals surface area contributed by atoms with E-state index in [0.717, 1.165) is 6.42 Å². The van der Waals surface area contributed by atoms with E-state index in [4.69, 9.17) is 0 Å². The molecule has 0 bridgehead atoms. The lowest BCUT2D eigenvalue weighted by Crippen LogP contribution is -2.32. The van der Waals surface area contributed by atoms with Gasteiger partial charge in [0.2, 0.25) is 17.8 Å². The third-order valence-electron chi connectivity index (χ3n) is 6.85. The summed E-state index contributed by atoms with van der Waals surface area (Å²) in [4.78, 5) is 41.9. The number of halogens is 3. The van der Waals surface area contributed by atoms with Crippen molar-refractivity contribution in [2.24, 2.45) is 0 Å². The summed E-state index contributed by atoms with van der Waals surface area (Å²) in [5.41, 5.74) is 0.374. The molecule has 3 aromatic heterocycles. The van der Waals surface area contributed by atoms with E-state index in [0.29, 0.717) is 29.9 Å². The number of alkyl halides is 2. The van der Waals surface area contributed by atoms with Crippen LogP contribution in [0.25, 0.3) is 11.0 Å². The van der Waals surface area contributed by atoms with Crippen LogP contribution in [0.1, 0.15) is 54.9 Å². The van der Waals surface area contributed by atoms with Gasteiger partial charge in [0.25, 0.3) is 0 Å². The minimum absolute atomic E-state index is 0.00742. The van der Waals surface area contributed by atoms with E-state index in [-0.39, 0.29) is 60.6 Å². The van der Waals surface area contributed by atoms with Crippen LogP contribution in [0, 0.1) is 5.95 Å². The van der Waals surface area contributed by atoms with Crippen LogP contribution < -0.4 is 10.6 Å². The Labute approximate surface area is 204 Å². The number of ketones is 1. The number of amides is 1. The lowest BCUT2D eigenvalue weighted by atomic mass is 9.92. The number of anilines is 2. The number of rotatable bonds is 6. The Morgan fingerprint density at radius 2 is 1.86 bits per heavy atom. The maximum Gasteiger partial charge on any atom is 0.248 e. The molecule has 1 aliphatic heterocycles. The minimum atomic E-state index is -2.66. The molecular weight excluding hydrogens is 475 g/mol. The summed E-state index contributed by atoms with van der Waals surface area (Å²) in [6.07, 6.45) is 3.60. The van der Waals surface area contributed by atoms with Crippen molar-refractivity contribution in [3.05, 3.63) is 41.7 Å². The van der Waals surface area contributed by atoms with Crippen molar-refractivity contribution in [1.82, 2.24) is 24.8 Å². The van der Waals surface area contributed by atoms with E-state index in [1.165, 1.54) is 31.6 Å². The fourth-order valence-corrected chi connectivity index (χ4v) is 4.83. The number of hydrogen-bond acceptors (Lipinski definition) is 7. The second kappa shape index (κ2) is 9.40. The first-order valence-corrected chi connectivity index (χ1v) is 11.9. The predicted octanol–water partition coefficient (Wildman–Crippen LogP) is 3.75. The molecular formula is C24H26F3N7O2. The smallest absolute Gasteiger partial charge is 0.248 e. The summed E-state index contributed by atoms with van der Waals surface area (Å²) >= 11 is 0. The number of fused-ring (bicyclic) bond motifs is 1. The molecule has 2 aliphatic rings. The minimum Gasteiger partial charge on any atom is -0.367 e. The first-order chi connectivity index (χ1) is 17.2. The van der Waals surface area contributed by atoms with E-state index in [1.54, 1.807) is 4.90 Å². The van der Waals surface area contributed by atoms with Crippen molar-refractivity contribution in [3.8, 4) is 0 Å². The zero-order valence-corrected chi connectivity index (χ0v) is 19.7. The number of aromatic nitrogens is 4. The highest BCUT2D eigenvalue weighted by molar-refractivity contribution is 6.18. The zero-order chi connectivity index (χ0) is 25.4. The first-order valence-electron chi connectivity index (χ1n) is 11.9. The number of carbonyl (C=O) groups is 2. The van der Waals surface area contributed by atoms with Crippen LogP contribution in [-0.2, 0) is 4.79 Å². The summed E-state index contributed by atoms with van der Waals surface area (Å²) in [6.45, 7) is 2.66. The molecule has 190 valence electrons. The van der Waals surface area contributed by atoms with Gasteiger partial charge in [-0.05, 0) is 31.4 Å². The lowest BCUT2D eigenvalue weighted by Gasteiger charge is -2.29. The standard InChI is InChI=1S/C24H26F3N7O2/c1-13(35)34-9-6-15(11-34)32-23-19-17(10-28-22(19)29-12-30-23)20(36)16-2-3-18(33-21(16)25)31-14-4-7-24(26,27)8-5-14/h2-3,10,12,14-15H,4-9,11H2,1H3,(H,31,33)(H2,28,29,30,32)/t15-/m1/s1. The molecule has 5 rings (SSSR count). The van der Waals surface area contributed by atoms with Crippen LogP contribution >= 0.6 is 0 Å². The van der Waals surface area contributed by atoms with Crippen LogP contribution in [0.15, 0.2) is 24.7 Å². The molecule has 1 saturated heterocycles. The van der Waals surface area contributed by atoms with E-state index in [1.807, 2.05) is 0 Å². The van der Waals surface area contributed by atoms with E-state index in [9.17, 15) is 22.8 Å². The maximum atomic E-state index is 14.9. The largest absolute Gasteiger partial charge is 0.367 e. The molecule has 1 saturated carbocycles. The highest BCUT2D eigenvalue weighted by Crippen LogP contribution is 2.34. The zero-order valence-electron chi connectivity index (χ0n) is 19.7. The number of nitrogens with one attached hydrogen (secondary N) is 3. The van der Waals surface area contributed by atoms with Gasteiger partial charge in [-0.3, -0.25) is 9.59 Å². The number of likely N-dealkylation sites (tertiary alicyclic amines) is 1. The fraction of sp³-hybridized carbons (Fsp3) is 0.458. The van der Waals surface area contributed by atoms with Gasteiger partial charge < -0.3 is 20.5 Å². The molecule has 1 aliphatic carbocycles. The average molecular weight is 502 g/mol. The maximum absolute atomic E-state index is 14.9. The Hall–Kier alpha value is -3.70. The van der Waals surface area contributed by atoms with Crippen molar-refractivity contribution in [2.45, 2.75) is 57.0 Å². The van der Waals surface area contributed by atoms with Gasteiger partial charge in [0.05, 0.1) is 16.5 Å². The van der Waals surface area contributed by atoms with Crippen molar-refractivity contribution < 1.29 is 22.8 Å². The van der Waals surface area contributed by atoms with Gasteiger partial charge in [-0.25, -0.2) is 23.7 Å². The second-order valence-electron chi connectivity index (χ2n) is 9.38. The molecule has 4 heterocycles. The molecule has 9 nitrogen and oxygen atoms in total. The van der Waals surface area contributed by atoms with E-state index >= 15 is 0 Å². The van der Waals surface area contributed by atoms with Crippen LogP contribution in [0.4, 0.5) is 24.8 Å². The third-order valence-corrected chi connectivity index (χ3v) is 6.85. The molecule has 0 aromatic carbocycles. The number of carbonyl (C=O) groups excluding carboxylic acids is 2. The summed E-state index contributed by atoms with van der Waals surface area (Å²) in [6, 6.07) is 2.53. The molecule has 12 heteroatoms. The van der Waals surface area contributed by atoms with Gasteiger partial charge in [0, 0.05) is 51.1 Å². The Morgan fingerprint density at radius 3 is 2.56 bits per heavy atom. The molecule has 1 amide bonds. The topological polar surface area (TPSA) is 116 Å². The highest BCUT2D eigenvalue weighted by Gasteiger charge is 2.35. The molecule has 2 fully saturated rings. The molecule has 0 radical (unpaired) electrons. The van der Waals surface area contributed by atoms with Crippen LogP contribution in [0.3, 0.4) is 0 Å². The summed E-state index contributed by atoms with van der Waals surface area (Å²) in [5.74, 6) is -3.61. The normalized spacial score (nSPS) is 20.0. The molecule has 36 heavy (non-hydrogen) atoms. The second-order valence-corrected chi connectivity index (χ2v) is 9.38. The summed E-state index contributed by atoms with van der Waals surface area (Å²) < 4.78 is 41.7. The van der Waals surface area contributed by atoms with Crippen LogP contribution in [0.5, 0.6) is 0 Å². The summed E-state index contributed by atoms with van der Waals surface area (Å²) in [5, 5.41) is 6.70. The highest BCUT2D eigenvalue weighted by atomic mass is 19.3. The molecule has 3 N–H and O–H groups in total. The third kappa shape index (κ3) is 4.84. The molecule has 3 aromatic rings. The quantitative estimate of drug-likeness (QED) is 0.348. The van der Waals surface area contributed by atoms with Crippen LogP contribution in [0.2, 0.25) is 0 Å². The molecule has 0 unspecified atom stereocenters. The first kappa shape index (κ1) is 24.0. The van der Waals surface area contributed by atoms with Gasteiger partial charge in [0.1, 0.15) is 23.6 Å². The van der Waals surface area contributed by atoms with E-state index in [2.05, 4.69) is 30.6 Å². The number of nitrogens with zero attached hydrogens (tertiary/aromatic N) is 4. The van der Waals surface area contributed by atoms with Gasteiger partial charge in [-0.1, -0.05) is 0 Å². The SMILES string of the molecule is CC(=O)N1CC[C@@H](Nc2ncnc3[nH]cc(C(=O)c4ccc(NC5CCC(F)(F)CC5)nc4F)c23)C1. The van der Waals surface area contributed by atoms with Crippen LogP contribution in [-0.4, -0.2) is 67.6 Å². The molecule has 0 spiro atoms. The van der Waals surface area contributed by atoms with E-state index < -0.39 is 17.7 Å². The van der Waals surface area contributed by atoms with Gasteiger partial charge in [-0.15, -0.1) is 0 Å². The predicted molar refractivity (Wildman–Crippen MR) is 127 cm³/mol. The fourth-order valence-electron chi connectivity index (χ4n) is 4.83. The van der Waals surface area contributed by atoms with Crippen molar-refractivity contribution >= 4 is 34.4 Å². The van der Waals surface area contributed by atoms with Gasteiger partial charge in [0.15, 0.2) is 5.78 Å². The number of H-pyrrole nitrogens is 1. The Bertz CT molecular complexity index is 1300. The number of hydrogen-bond donors (Lipinski definition) is 3. The number of aromatic amines is 1. The Kier molecular flexibility index (Phi) is 6.27. The van der Waals surface area contributed by atoms with Crippen molar-refractivity contribution in [2.75, 3.05) is 23.7 Å². The lowest BCUT2D eigenvalue weighted by molar-refractivity contribution is -0.127. The Morgan fingerprint density at radius 1 is 1.08 bits per heavy atom. The average Bonchev–Trinajstić information content (AvgIpc) is 3.48. The van der Waals surface area contributed by atoms with Gasteiger partial charge >= 0.3 is 0 Å². The molecule has 1 atom stereocenters.